The Morgan fingerprint density at radius 2 is 1.65 bits per heavy atom. The molecule has 1 unspecified atom stereocenters. The molecule has 0 aliphatic heterocycles. The van der Waals surface area contributed by atoms with Crippen molar-refractivity contribution in [2.45, 2.75) is 49.2 Å². The number of hydrogen-bond donors (Lipinski definition) is 0. The molecule has 2 rings (SSSR count). The largest absolute Gasteiger partial charge is 0.303 e. The van der Waals surface area contributed by atoms with Crippen molar-refractivity contribution in [2.24, 2.45) is 0 Å². The van der Waals surface area contributed by atoms with E-state index < -0.39 is 14.6 Å². The molecule has 0 N–H and O–H groups in total. The Hall–Kier alpha value is -2.27. The normalized spacial score (nSPS) is 13.8. The molecule has 0 spiro atoms. The standard InChI is InChI=1S/C21H24O4S/c1-17-8-10-20(11-9-17)26(24,25)21(14-15-22,16-18(2)23)13-12-19-6-4-3-5-7-19/h3-11,15H,12-14,16H2,1-2H3. The summed E-state index contributed by atoms with van der Waals surface area (Å²) < 4.78 is 25.4. The molecule has 0 radical (unpaired) electrons. The molecule has 0 amide bonds. The second-order valence-electron chi connectivity index (χ2n) is 6.73. The summed E-state index contributed by atoms with van der Waals surface area (Å²) in [7, 11) is -3.86. The van der Waals surface area contributed by atoms with E-state index in [-0.39, 0.29) is 29.9 Å². The van der Waals surface area contributed by atoms with E-state index in [0.717, 1.165) is 11.1 Å². The smallest absolute Gasteiger partial charge is 0.184 e. The van der Waals surface area contributed by atoms with Gasteiger partial charge in [-0.05, 0) is 44.4 Å². The number of sulfone groups is 1. The maximum absolute atomic E-state index is 13.4. The monoisotopic (exact) mass is 372 g/mol. The number of benzene rings is 2. The van der Waals surface area contributed by atoms with Crippen LogP contribution in [0, 0.1) is 6.92 Å². The number of aldehydes is 1. The maximum Gasteiger partial charge on any atom is 0.184 e. The van der Waals surface area contributed by atoms with E-state index in [0.29, 0.717) is 12.7 Å². The number of aryl methyl sites for hydroxylation is 2. The topological polar surface area (TPSA) is 68.3 Å². The van der Waals surface area contributed by atoms with E-state index in [9.17, 15) is 18.0 Å². The minimum Gasteiger partial charge on any atom is -0.303 e. The molecule has 0 aromatic heterocycles. The first-order chi connectivity index (χ1) is 12.3. The highest BCUT2D eigenvalue weighted by Crippen LogP contribution is 2.36. The first-order valence-electron chi connectivity index (χ1n) is 8.59. The third-order valence-corrected chi connectivity index (χ3v) is 7.19. The second-order valence-corrected chi connectivity index (χ2v) is 9.08. The molecule has 26 heavy (non-hydrogen) atoms. The predicted molar refractivity (Wildman–Crippen MR) is 102 cm³/mol. The maximum atomic E-state index is 13.4. The van der Waals surface area contributed by atoms with Crippen LogP contribution in [0.3, 0.4) is 0 Å². The summed E-state index contributed by atoms with van der Waals surface area (Å²) in [6.45, 7) is 3.24. The fourth-order valence-electron chi connectivity index (χ4n) is 3.19. The second kappa shape index (κ2) is 8.41. The quantitative estimate of drug-likeness (QED) is 0.629. The zero-order chi connectivity index (χ0) is 19.2. The Labute approximate surface area is 155 Å². The van der Waals surface area contributed by atoms with E-state index >= 15 is 0 Å². The zero-order valence-corrected chi connectivity index (χ0v) is 16.0. The van der Waals surface area contributed by atoms with Crippen LogP contribution in [-0.4, -0.2) is 25.2 Å². The molecular weight excluding hydrogens is 348 g/mol. The highest BCUT2D eigenvalue weighted by Gasteiger charge is 2.45. The average Bonchev–Trinajstić information content (AvgIpc) is 2.60. The van der Waals surface area contributed by atoms with E-state index in [1.165, 1.54) is 6.92 Å². The lowest BCUT2D eigenvalue weighted by atomic mass is 9.91. The number of hydrogen-bond acceptors (Lipinski definition) is 4. The van der Waals surface area contributed by atoms with E-state index in [4.69, 9.17) is 0 Å². The first kappa shape index (κ1) is 20.0. The molecule has 0 bridgehead atoms. The van der Waals surface area contributed by atoms with Crippen LogP contribution in [0.15, 0.2) is 59.5 Å². The molecule has 0 saturated heterocycles. The predicted octanol–water partition coefficient (Wildman–Crippen LogP) is 3.71. The molecule has 2 aromatic rings. The van der Waals surface area contributed by atoms with Crippen molar-refractivity contribution in [3.8, 4) is 0 Å². The Balaban J connectivity index is 2.48. The Kier molecular flexibility index (Phi) is 6.48. The van der Waals surface area contributed by atoms with Gasteiger partial charge in [-0.15, -0.1) is 0 Å². The van der Waals surface area contributed by atoms with Crippen molar-refractivity contribution in [1.29, 1.82) is 0 Å². The molecule has 2 aromatic carbocycles. The van der Waals surface area contributed by atoms with Crippen molar-refractivity contribution in [2.75, 3.05) is 0 Å². The Bertz CT molecular complexity index is 855. The summed E-state index contributed by atoms with van der Waals surface area (Å²) in [5.74, 6) is -0.240. The minimum atomic E-state index is -3.86. The van der Waals surface area contributed by atoms with Crippen LogP contribution in [0.4, 0.5) is 0 Å². The van der Waals surface area contributed by atoms with Gasteiger partial charge in [0.1, 0.15) is 12.1 Å². The Morgan fingerprint density at radius 1 is 1.04 bits per heavy atom. The van der Waals surface area contributed by atoms with Crippen LogP contribution < -0.4 is 0 Å². The Morgan fingerprint density at radius 3 is 2.19 bits per heavy atom. The van der Waals surface area contributed by atoms with Gasteiger partial charge in [0.05, 0.1) is 9.64 Å². The number of carbonyl (C=O) groups excluding carboxylic acids is 2. The van der Waals surface area contributed by atoms with Crippen LogP contribution in [0.1, 0.15) is 37.3 Å². The first-order valence-corrected chi connectivity index (χ1v) is 10.1. The number of ketones is 1. The summed E-state index contributed by atoms with van der Waals surface area (Å²) >= 11 is 0. The lowest BCUT2D eigenvalue weighted by Crippen LogP contribution is -2.41. The highest BCUT2D eigenvalue weighted by atomic mass is 32.2. The van der Waals surface area contributed by atoms with Crippen molar-refractivity contribution < 1.29 is 18.0 Å². The lowest BCUT2D eigenvalue weighted by molar-refractivity contribution is -0.117. The molecule has 0 aliphatic rings. The molecular formula is C21H24O4S. The lowest BCUT2D eigenvalue weighted by Gasteiger charge is -2.31. The van der Waals surface area contributed by atoms with Gasteiger partial charge in [0.2, 0.25) is 0 Å². The van der Waals surface area contributed by atoms with Crippen LogP contribution in [0.25, 0.3) is 0 Å². The van der Waals surface area contributed by atoms with E-state index in [2.05, 4.69) is 0 Å². The van der Waals surface area contributed by atoms with Gasteiger partial charge in [-0.25, -0.2) is 8.42 Å². The zero-order valence-electron chi connectivity index (χ0n) is 15.1. The molecule has 138 valence electrons. The molecule has 0 heterocycles. The summed E-state index contributed by atoms with van der Waals surface area (Å²) in [6.07, 6.45) is 0.933. The van der Waals surface area contributed by atoms with Crippen molar-refractivity contribution in [3.63, 3.8) is 0 Å². The molecule has 4 nitrogen and oxygen atoms in total. The van der Waals surface area contributed by atoms with Crippen LogP contribution >= 0.6 is 0 Å². The van der Waals surface area contributed by atoms with Gasteiger partial charge in [0.15, 0.2) is 9.84 Å². The third-order valence-electron chi connectivity index (χ3n) is 4.64. The molecule has 0 saturated carbocycles. The summed E-state index contributed by atoms with van der Waals surface area (Å²) in [4.78, 5) is 23.4. The van der Waals surface area contributed by atoms with Gasteiger partial charge in [-0.1, -0.05) is 48.0 Å². The van der Waals surface area contributed by atoms with E-state index in [1.807, 2.05) is 37.3 Å². The van der Waals surface area contributed by atoms with Gasteiger partial charge >= 0.3 is 0 Å². The van der Waals surface area contributed by atoms with Gasteiger partial charge in [-0.3, -0.25) is 4.79 Å². The van der Waals surface area contributed by atoms with Gasteiger partial charge < -0.3 is 4.79 Å². The SMILES string of the molecule is CC(=O)CC(CC=O)(CCc1ccccc1)S(=O)(=O)c1ccc(C)cc1. The fourth-order valence-corrected chi connectivity index (χ4v) is 5.24. The van der Waals surface area contributed by atoms with Crippen LogP contribution in [0.2, 0.25) is 0 Å². The van der Waals surface area contributed by atoms with Gasteiger partial charge in [0, 0.05) is 12.8 Å². The van der Waals surface area contributed by atoms with Gasteiger partial charge in [-0.2, -0.15) is 0 Å². The summed E-state index contributed by atoms with van der Waals surface area (Å²) in [5, 5.41) is 0. The van der Waals surface area contributed by atoms with Crippen LogP contribution in [0.5, 0.6) is 0 Å². The van der Waals surface area contributed by atoms with E-state index in [1.54, 1.807) is 24.3 Å². The highest BCUT2D eigenvalue weighted by molar-refractivity contribution is 7.93. The van der Waals surface area contributed by atoms with Crippen molar-refractivity contribution in [3.05, 3.63) is 65.7 Å². The van der Waals surface area contributed by atoms with Crippen molar-refractivity contribution >= 4 is 21.9 Å². The fraction of sp³-hybridized carbons (Fsp3) is 0.333. The third kappa shape index (κ3) is 4.47. The average molecular weight is 372 g/mol. The van der Waals surface area contributed by atoms with Gasteiger partial charge in [0.25, 0.3) is 0 Å². The molecule has 5 heteroatoms. The minimum absolute atomic E-state index is 0.152. The summed E-state index contributed by atoms with van der Waals surface area (Å²) in [6, 6.07) is 16.0. The molecule has 0 fully saturated rings. The molecule has 1 atom stereocenters. The molecule has 0 aliphatic carbocycles. The van der Waals surface area contributed by atoms with Crippen LogP contribution in [-0.2, 0) is 25.8 Å². The number of carbonyl (C=O) groups is 2. The number of rotatable bonds is 9. The number of Topliss-reactive ketones (excluding diaryl/α,β-unsaturated/α-hetero) is 1. The van der Waals surface area contributed by atoms with Crippen molar-refractivity contribution in [1.82, 2.24) is 0 Å². The summed E-state index contributed by atoms with van der Waals surface area (Å²) in [5.41, 5.74) is 1.92.